The van der Waals surface area contributed by atoms with Crippen LogP contribution in [0.3, 0.4) is 0 Å². The predicted molar refractivity (Wildman–Crippen MR) is 118 cm³/mol. The summed E-state index contributed by atoms with van der Waals surface area (Å²) in [6.45, 7) is 11.6. The van der Waals surface area contributed by atoms with Gasteiger partial charge < -0.3 is 9.84 Å². The number of benzene rings is 1. The molecule has 29 heavy (non-hydrogen) atoms. The second-order valence-electron chi connectivity index (χ2n) is 9.92. The molecule has 0 unspecified atom stereocenters. The Bertz CT molecular complexity index is 646. The van der Waals surface area contributed by atoms with Gasteiger partial charge in [-0.3, -0.25) is 9.59 Å². The van der Waals surface area contributed by atoms with E-state index < -0.39 is 5.97 Å². The molecule has 164 valence electrons. The molecule has 4 heteroatoms. The fourth-order valence-corrected chi connectivity index (χ4v) is 3.95. The largest absolute Gasteiger partial charge is 0.481 e. The van der Waals surface area contributed by atoms with Crippen molar-refractivity contribution in [3.8, 4) is 0 Å². The molecule has 0 bridgehead atoms. The number of carbonyl (C=O) groups is 2. The molecule has 1 aromatic rings. The topological polar surface area (TPSA) is 63.6 Å². The summed E-state index contributed by atoms with van der Waals surface area (Å²) in [5.74, 6) is -0.710. The van der Waals surface area contributed by atoms with Crippen molar-refractivity contribution in [3.05, 3.63) is 34.9 Å². The van der Waals surface area contributed by atoms with Gasteiger partial charge in [0.2, 0.25) is 0 Å². The van der Waals surface area contributed by atoms with Gasteiger partial charge >= 0.3 is 5.97 Å². The zero-order valence-corrected chi connectivity index (χ0v) is 19.1. The van der Waals surface area contributed by atoms with E-state index in [4.69, 9.17) is 9.84 Å². The average molecular weight is 405 g/mol. The van der Waals surface area contributed by atoms with Gasteiger partial charge in [-0.1, -0.05) is 58.7 Å². The summed E-state index contributed by atoms with van der Waals surface area (Å²) in [6, 6.07) is 6.62. The monoisotopic (exact) mass is 404 g/mol. The Labute approximate surface area is 177 Å². The number of carboxylic acid groups (broad SMARTS) is 1. The molecule has 0 radical (unpaired) electrons. The molecule has 1 N–H and O–H groups in total. The van der Waals surface area contributed by atoms with Crippen molar-refractivity contribution >= 4 is 12.4 Å². The van der Waals surface area contributed by atoms with Crippen LogP contribution in [0.25, 0.3) is 0 Å². The zero-order chi connectivity index (χ0) is 21.9. The molecule has 0 saturated carbocycles. The molecule has 1 rings (SSSR count). The standard InChI is InChI=1S/C25H40O4/c1-20-21(11-6-8-15-24(2,3)17-23(27)28)13-10-14-22(20)12-7-9-16-25(4,5)18-29-19-26/h10,13-14,19H,6-9,11-12,15-18H2,1-5H3,(H,27,28). The quantitative estimate of drug-likeness (QED) is 0.282. The highest BCUT2D eigenvalue weighted by Crippen LogP contribution is 2.28. The van der Waals surface area contributed by atoms with E-state index in [1.807, 2.05) is 13.8 Å². The van der Waals surface area contributed by atoms with Crippen molar-refractivity contribution in [1.29, 1.82) is 0 Å². The smallest absolute Gasteiger partial charge is 0.303 e. The van der Waals surface area contributed by atoms with E-state index in [9.17, 15) is 9.59 Å². The van der Waals surface area contributed by atoms with E-state index >= 15 is 0 Å². The van der Waals surface area contributed by atoms with E-state index in [0.717, 1.165) is 51.4 Å². The van der Waals surface area contributed by atoms with Crippen LogP contribution in [0.5, 0.6) is 0 Å². The van der Waals surface area contributed by atoms with Crippen molar-refractivity contribution in [2.24, 2.45) is 10.8 Å². The first-order valence-corrected chi connectivity index (χ1v) is 10.9. The fourth-order valence-electron chi connectivity index (χ4n) is 3.95. The lowest BCUT2D eigenvalue weighted by molar-refractivity contribution is -0.139. The average Bonchev–Trinajstić information content (AvgIpc) is 2.62. The predicted octanol–water partition coefficient (Wildman–Crippen LogP) is 6.12. The molecular formula is C25H40O4. The van der Waals surface area contributed by atoms with E-state index in [1.165, 1.54) is 16.7 Å². The molecule has 0 heterocycles. The first kappa shape index (κ1) is 25.2. The van der Waals surface area contributed by atoms with Crippen molar-refractivity contribution in [2.45, 2.75) is 92.4 Å². The highest BCUT2D eigenvalue weighted by atomic mass is 16.5. The molecule has 0 amide bonds. The lowest BCUT2D eigenvalue weighted by atomic mass is 9.83. The Morgan fingerprint density at radius 3 is 1.97 bits per heavy atom. The molecule has 0 aliphatic carbocycles. The Kier molecular flexibility index (Phi) is 10.4. The lowest BCUT2D eigenvalue weighted by Crippen LogP contribution is -2.18. The van der Waals surface area contributed by atoms with Crippen LogP contribution in [0.15, 0.2) is 18.2 Å². The summed E-state index contributed by atoms with van der Waals surface area (Å²) in [5, 5.41) is 9.00. The summed E-state index contributed by atoms with van der Waals surface area (Å²) in [7, 11) is 0. The minimum atomic E-state index is -0.710. The summed E-state index contributed by atoms with van der Waals surface area (Å²) >= 11 is 0. The van der Waals surface area contributed by atoms with Crippen LogP contribution < -0.4 is 0 Å². The third-order valence-corrected chi connectivity index (χ3v) is 5.83. The van der Waals surface area contributed by atoms with E-state index in [0.29, 0.717) is 13.1 Å². The van der Waals surface area contributed by atoms with Gasteiger partial charge in [-0.15, -0.1) is 0 Å². The first-order valence-electron chi connectivity index (χ1n) is 10.9. The zero-order valence-electron chi connectivity index (χ0n) is 19.1. The van der Waals surface area contributed by atoms with E-state index in [1.54, 1.807) is 0 Å². The molecule has 0 saturated heterocycles. The van der Waals surface area contributed by atoms with E-state index in [-0.39, 0.29) is 17.3 Å². The number of ether oxygens (including phenoxy) is 1. The van der Waals surface area contributed by atoms with Gasteiger partial charge in [-0.25, -0.2) is 0 Å². The highest BCUT2D eigenvalue weighted by Gasteiger charge is 2.21. The molecule has 1 aromatic carbocycles. The number of rotatable bonds is 15. The minimum Gasteiger partial charge on any atom is -0.481 e. The SMILES string of the molecule is Cc1c(CCCCC(C)(C)COC=O)cccc1CCCCC(C)(C)CC(=O)O. The van der Waals surface area contributed by atoms with Gasteiger partial charge in [0.1, 0.15) is 0 Å². The van der Waals surface area contributed by atoms with Crippen LogP contribution >= 0.6 is 0 Å². The summed E-state index contributed by atoms with van der Waals surface area (Å²) in [5.41, 5.74) is 4.15. The molecule has 0 spiro atoms. The van der Waals surface area contributed by atoms with E-state index in [2.05, 4.69) is 39.0 Å². The van der Waals surface area contributed by atoms with Gasteiger partial charge in [0.25, 0.3) is 6.47 Å². The van der Waals surface area contributed by atoms with Crippen LogP contribution in [-0.4, -0.2) is 24.2 Å². The Morgan fingerprint density at radius 1 is 0.966 bits per heavy atom. The number of aliphatic carboxylic acids is 1. The Balaban J connectivity index is 2.44. The maximum Gasteiger partial charge on any atom is 0.303 e. The first-order chi connectivity index (χ1) is 13.6. The molecule has 0 atom stereocenters. The van der Waals surface area contributed by atoms with Crippen molar-refractivity contribution in [3.63, 3.8) is 0 Å². The molecular weight excluding hydrogens is 364 g/mol. The van der Waals surface area contributed by atoms with Crippen LogP contribution in [0, 0.1) is 17.8 Å². The van der Waals surface area contributed by atoms with Crippen molar-refractivity contribution in [1.82, 2.24) is 0 Å². The van der Waals surface area contributed by atoms with Crippen LogP contribution in [-0.2, 0) is 27.2 Å². The summed E-state index contributed by atoms with van der Waals surface area (Å²) in [4.78, 5) is 21.3. The van der Waals surface area contributed by atoms with Crippen LogP contribution in [0.1, 0.15) is 89.3 Å². The van der Waals surface area contributed by atoms with Crippen LogP contribution in [0.2, 0.25) is 0 Å². The van der Waals surface area contributed by atoms with Crippen molar-refractivity contribution < 1.29 is 19.4 Å². The van der Waals surface area contributed by atoms with Crippen molar-refractivity contribution in [2.75, 3.05) is 6.61 Å². The number of hydrogen-bond acceptors (Lipinski definition) is 3. The summed E-state index contributed by atoms with van der Waals surface area (Å²) < 4.78 is 4.93. The third-order valence-electron chi connectivity index (χ3n) is 5.83. The number of unbranched alkanes of at least 4 members (excludes halogenated alkanes) is 2. The van der Waals surface area contributed by atoms with Crippen LogP contribution in [0.4, 0.5) is 0 Å². The minimum absolute atomic E-state index is 0.0339. The second kappa shape index (κ2) is 12.0. The Hall–Kier alpha value is -1.84. The van der Waals surface area contributed by atoms with Gasteiger partial charge in [0, 0.05) is 0 Å². The van der Waals surface area contributed by atoms with Gasteiger partial charge in [-0.05, 0) is 73.0 Å². The number of carbonyl (C=O) groups excluding carboxylic acids is 1. The number of hydrogen-bond donors (Lipinski definition) is 1. The third kappa shape index (κ3) is 10.5. The highest BCUT2D eigenvalue weighted by molar-refractivity contribution is 5.67. The lowest BCUT2D eigenvalue weighted by Gasteiger charge is -2.23. The summed E-state index contributed by atoms with van der Waals surface area (Å²) in [6.07, 6.45) is 8.78. The molecule has 0 aliphatic heterocycles. The molecule has 0 aromatic heterocycles. The second-order valence-corrected chi connectivity index (χ2v) is 9.92. The number of aryl methyl sites for hydroxylation is 2. The van der Waals surface area contributed by atoms with Gasteiger partial charge in [0.05, 0.1) is 13.0 Å². The molecule has 0 fully saturated rings. The Morgan fingerprint density at radius 2 is 1.48 bits per heavy atom. The molecule has 0 aliphatic rings. The van der Waals surface area contributed by atoms with Gasteiger partial charge in [-0.2, -0.15) is 0 Å². The van der Waals surface area contributed by atoms with Gasteiger partial charge in [0.15, 0.2) is 0 Å². The normalized spacial score (nSPS) is 12.0. The maximum atomic E-state index is 10.9. The fraction of sp³-hybridized carbons (Fsp3) is 0.680. The number of carboxylic acids is 1. The maximum absolute atomic E-state index is 10.9. The molecule has 4 nitrogen and oxygen atoms in total.